The fraction of sp³-hybridized carbons (Fsp3) is 0.579. The minimum Gasteiger partial charge on any atom is -0.452 e. The van der Waals surface area contributed by atoms with E-state index >= 15 is 0 Å². The van der Waals surface area contributed by atoms with Crippen molar-refractivity contribution in [2.75, 3.05) is 26.2 Å². The van der Waals surface area contributed by atoms with E-state index in [0.717, 1.165) is 12.8 Å². The molecule has 0 radical (unpaired) electrons. The first kappa shape index (κ1) is 21.4. The van der Waals surface area contributed by atoms with Crippen molar-refractivity contribution in [3.05, 3.63) is 29.8 Å². The number of piperidine rings is 1. The Morgan fingerprint density at radius 2 is 1.74 bits per heavy atom. The molecule has 0 spiro atoms. The van der Waals surface area contributed by atoms with Gasteiger partial charge in [-0.3, -0.25) is 4.79 Å². The number of esters is 1. The normalized spacial score (nSPS) is 20.9. The van der Waals surface area contributed by atoms with Gasteiger partial charge in [0.15, 0.2) is 6.61 Å². The maximum Gasteiger partial charge on any atom is 0.338 e. The van der Waals surface area contributed by atoms with E-state index in [9.17, 15) is 18.0 Å². The maximum absolute atomic E-state index is 12.8. The Morgan fingerprint density at radius 1 is 1.15 bits per heavy atom. The van der Waals surface area contributed by atoms with E-state index in [-0.39, 0.29) is 23.0 Å². The van der Waals surface area contributed by atoms with Crippen molar-refractivity contribution in [3.8, 4) is 0 Å². The molecule has 1 saturated heterocycles. The molecule has 1 fully saturated rings. The molecule has 8 heteroatoms. The van der Waals surface area contributed by atoms with Gasteiger partial charge in [-0.05, 0) is 48.9 Å². The summed E-state index contributed by atoms with van der Waals surface area (Å²) in [6, 6.07) is 5.64. The van der Waals surface area contributed by atoms with E-state index in [4.69, 9.17) is 4.74 Å². The summed E-state index contributed by atoms with van der Waals surface area (Å²) in [5.74, 6) is -0.392. The van der Waals surface area contributed by atoms with Crippen LogP contribution in [0.25, 0.3) is 0 Å². The third kappa shape index (κ3) is 5.77. The minimum atomic E-state index is -3.59. The fourth-order valence-electron chi connectivity index (χ4n) is 3.24. The molecule has 27 heavy (non-hydrogen) atoms. The first-order valence-corrected chi connectivity index (χ1v) is 10.7. The van der Waals surface area contributed by atoms with Gasteiger partial charge in [-0.1, -0.05) is 20.8 Å². The molecule has 1 amide bonds. The number of nitrogens with one attached hydrogen (secondary N) is 1. The topological polar surface area (TPSA) is 92.8 Å². The van der Waals surface area contributed by atoms with Crippen molar-refractivity contribution in [2.24, 2.45) is 11.8 Å². The highest BCUT2D eigenvalue weighted by Crippen LogP contribution is 2.26. The Labute approximate surface area is 161 Å². The Bertz CT molecular complexity index is 751. The zero-order valence-electron chi connectivity index (χ0n) is 16.1. The highest BCUT2D eigenvalue weighted by Gasteiger charge is 2.31. The molecule has 1 heterocycles. The van der Waals surface area contributed by atoms with Gasteiger partial charge in [0.25, 0.3) is 5.91 Å². The summed E-state index contributed by atoms with van der Waals surface area (Å²) in [6.45, 7) is 7.20. The van der Waals surface area contributed by atoms with Crippen LogP contribution in [0.2, 0.25) is 0 Å². The van der Waals surface area contributed by atoms with Gasteiger partial charge >= 0.3 is 5.97 Å². The Hall–Kier alpha value is -1.93. The van der Waals surface area contributed by atoms with Crippen molar-refractivity contribution in [1.29, 1.82) is 0 Å². The van der Waals surface area contributed by atoms with Crippen LogP contribution in [-0.4, -0.2) is 50.8 Å². The lowest BCUT2D eigenvalue weighted by Crippen LogP contribution is -2.42. The summed E-state index contributed by atoms with van der Waals surface area (Å²) in [5.41, 5.74) is 0.206. The van der Waals surface area contributed by atoms with Gasteiger partial charge in [-0.15, -0.1) is 0 Å². The number of rotatable bonds is 7. The zero-order valence-corrected chi connectivity index (χ0v) is 16.9. The van der Waals surface area contributed by atoms with Gasteiger partial charge < -0.3 is 10.1 Å². The first-order valence-electron chi connectivity index (χ1n) is 9.28. The predicted molar refractivity (Wildman–Crippen MR) is 102 cm³/mol. The van der Waals surface area contributed by atoms with Crippen LogP contribution >= 0.6 is 0 Å². The van der Waals surface area contributed by atoms with Crippen LogP contribution < -0.4 is 5.32 Å². The molecule has 1 N–H and O–H groups in total. The average molecular weight is 397 g/mol. The molecular weight excluding hydrogens is 368 g/mol. The number of ether oxygens (including phenoxy) is 1. The van der Waals surface area contributed by atoms with Crippen molar-refractivity contribution in [3.63, 3.8) is 0 Å². The standard InChI is InChI=1S/C19H28N2O5S/c1-4-9-20-18(22)13-26-19(23)16-5-7-17(8-6-16)27(24,25)21-11-14(2)10-15(3)12-21/h5-8,14-15H,4,9-13H2,1-3H3,(H,20,22)/t14-,15-/m1/s1. The summed E-state index contributed by atoms with van der Waals surface area (Å²) >= 11 is 0. The highest BCUT2D eigenvalue weighted by molar-refractivity contribution is 7.89. The van der Waals surface area contributed by atoms with Crippen LogP contribution in [0.1, 0.15) is 44.0 Å². The predicted octanol–water partition coefficient (Wildman–Crippen LogP) is 2.04. The van der Waals surface area contributed by atoms with Crippen LogP contribution in [0, 0.1) is 11.8 Å². The third-order valence-corrected chi connectivity index (χ3v) is 6.32. The molecule has 1 aromatic rings. The van der Waals surface area contributed by atoms with E-state index in [1.54, 1.807) is 0 Å². The van der Waals surface area contributed by atoms with Crippen LogP contribution in [0.5, 0.6) is 0 Å². The molecule has 0 saturated carbocycles. The summed E-state index contributed by atoms with van der Waals surface area (Å²) in [7, 11) is -3.59. The van der Waals surface area contributed by atoms with Gasteiger partial charge in [0.05, 0.1) is 10.5 Å². The molecule has 150 valence electrons. The molecular formula is C19H28N2O5S. The summed E-state index contributed by atoms with van der Waals surface area (Å²) in [4.78, 5) is 23.6. The van der Waals surface area contributed by atoms with Crippen molar-refractivity contribution in [2.45, 2.75) is 38.5 Å². The number of carbonyl (C=O) groups excluding carboxylic acids is 2. The van der Waals surface area contributed by atoms with Gasteiger partial charge in [-0.2, -0.15) is 4.31 Å². The molecule has 1 aliphatic heterocycles. The fourth-order valence-corrected chi connectivity index (χ4v) is 4.92. The van der Waals surface area contributed by atoms with E-state index in [2.05, 4.69) is 5.32 Å². The number of nitrogens with zero attached hydrogens (tertiary/aromatic N) is 1. The first-order chi connectivity index (χ1) is 12.7. The second kappa shape index (κ2) is 9.32. The average Bonchev–Trinajstić information content (AvgIpc) is 2.63. The number of sulfonamides is 1. The smallest absolute Gasteiger partial charge is 0.338 e. The number of hydrogen-bond donors (Lipinski definition) is 1. The van der Waals surface area contributed by atoms with Gasteiger partial charge in [0.2, 0.25) is 10.0 Å². The minimum absolute atomic E-state index is 0.154. The molecule has 1 aliphatic rings. The van der Waals surface area contributed by atoms with E-state index < -0.39 is 16.0 Å². The Balaban J connectivity index is 2.01. The summed E-state index contributed by atoms with van der Waals surface area (Å²) < 4.78 is 32.1. The molecule has 1 aromatic carbocycles. The Morgan fingerprint density at radius 3 is 2.30 bits per heavy atom. The largest absolute Gasteiger partial charge is 0.452 e. The van der Waals surface area contributed by atoms with Crippen molar-refractivity contribution >= 4 is 21.9 Å². The second-order valence-corrected chi connectivity index (χ2v) is 9.16. The number of carbonyl (C=O) groups is 2. The third-order valence-electron chi connectivity index (χ3n) is 4.47. The summed E-state index contributed by atoms with van der Waals surface area (Å²) in [6.07, 6.45) is 1.81. The van der Waals surface area contributed by atoms with E-state index in [1.165, 1.54) is 28.6 Å². The second-order valence-electron chi connectivity index (χ2n) is 7.22. The monoisotopic (exact) mass is 396 g/mol. The van der Waals surface area contributed by atoms with E-state index in [1.807, 2.05) is 20.8 Å². The lowest BCUT2D eigenvalue weighted by Gasteiger charge is -2.34. The van der Waals surface area contributed by atoms with Crippen molar-refractivity contribution < 1.29 is 22.7 Å². The highest BCUT2D eigenvalue weighted by atomic mass is 32.2. The van der Waals surface area contributed by atoms with Crippen molar-refractivity contribution in [1.82, 2.24) is 9.62 Å². The molecule has 7 nitrogen and oxygen atoms in total. The molecule has 0 aliphatic carbocycles. The zero-order chi connectivity index (χ0) is 20.0. The molecule has 0 aromatic heterocycles. The Kier molecular flexibility index (Phi) is 7.38. The lowest BCUT2D eigenvalue weighted by molar-refractivity contribution is -0.124. The lowest BCUT2D eigenvalue weighted by atomic mass is 9.94. The van der Waals surface area contributed by atoms with Crippen LogP contribution in [0.4, 0.5) is 0 Å². The number of amides is 1. The summed E-state index contributed by atoms with van der Waals surface area (Å²) in [5, 5.41) is 2.61. The van der Waals surface area contributed by atoms with Gasteiger partial charge in [-0.25, -0.2) is 13.2 Å². The van der Waals surface area contributed by atoms with Crippen LogP contribution in [-0.2, 0) is 19.6 Å². The molecule has 0 bridgehead atoms. The molecule has 2 rings (SSSR count). The maximum atomic E-state index is 12.8. The van der Waals surface area contributed by atoms with Crippen LogP contribution in [0.15, 0.2) is 29.2 Å². The molecule has 0 unspecified atom stereocenters. The SMILES string of the molecule is CCCNC(=O)COC(=O)c1ccc(S(=O)(=O)N2C[C@H](C)C[C@@H](C)C2)cc1. The number of benzene rings is 1. The van der Waals surface area contributed by atoms with Crippen LogP contribution in [0.3, 0.4) is 0 Å². The molecule has 2 atom stereocenters. The quantitative estimate of drug-likeness (QED) is 0.712. The number of hydrogen-bond acceptors (Lipinski definition) is 5. The van der Waals surface area contributed by atoms with Gasteiger partial charge in [0, 0.05) is 19.6 Å². The van der Waals surface area contributed by atoms with E-state index in [0.29, 0.717) is 31.5 Å². The van der Waals surface area contributed by atoms with Gasteiger partial charge in [0.1, 0.15) is 0 Å².